The highest BCUT2D eigenvalue weighted by molar-refractivity contribution is 5.61. The van der Waals surface area contributed by atoms with Crippen LogP contribution in [0.5, 0.6) is 11.5 Å². The first-order chi connectivity index (χ1) is 13.3. The molecule has 0 saturated carbocycles. The molecule has 2 N–H and O–H groups in total. The van der Waals surface area contributed by atoms with Crippen LogP contribution in [-0.4, -0.2) is 19.9 Å². The Kier molecular flexibility index (Phi) is 4.83. The van der Waals surface area contributed by atoms with Crippen molar-refractivity contribution < 1.29 is 4.74 Å². The van der Waals surface area contributed by atoms with E-state index in [0.717, 1.165) is 17.2 Å². The van der Waals surface area contributed by atoms with Crippen LogP contribution in [0.15, 0.2) is 85.5 Å². The average Bonchev–Trinajstić information content (AvgIpc) is 2.71. The molecule has 0 saturated heterocycles. The minimum atomic E-state index is 0.476. The second kappa shape index (κ2) is 7.92. The van der Waals surface area contributed by atoms with Gasteiger partial charge in [0.2, 0.25) is 5.95 Å². The molecule has 27 heavy (non-hydrogen) atoms. The van der Waals surface area contributed by atoms with Gasteiger partial charge in [-0.25, -0.2) is 19.9 Å². The number of benzene rings is 2. The highest BCUT2D eigenvalue weighted by Crippen LogP contribution is 2.24. The molecule has 0 radical (unpaired) electrons. The molecule has 2 aromatic carbocycles. The molecule has 4 rings (SSSR count). The maximum atomic E-state index is 5.79. The van der Waals surface area contributed by atoms with Crippen LogP contribution in [0, 0.1) is 0 Å². The molecule has 132 valence electrons. The minimum absolute atomic E-state index is 0.476. The first kappa shape index (κ1) is 16.5. The van der Waals surface area contributed by atoms with Crippen molar-refractivity contribution >= 4 is 23.3 Å². The van der Waals surface area contributed by atoms with Crippen molar-refractivity contribution in [3.05, 3.63) is 85.5 Å². The van der Waals surface area contributed by atoms with E-state index >= 15 is 0 Å². The Morgan fingerprint density at radius 1 is 0.630 bits per heavy atom. The zero-order chi connectivity index (χ0) is 18.3. The summed E-state index contributed by atoms with van der Waals surface area (Å²) in [7, 11) is 0. The van der Waals surface area contributed by atoms with Gasteiger partial charge in [0.1, 0.15) is 29.5 Å². The van der Waals surface area contributed by atoms with Crippen molar-refractivity contribution in [2.24, 2.45) is 0 Å². The number of hydrogen-bond donors (Lipinski definition) is 2. The fourth-order valence-electron chi connectivity index (χ4n) is 2.35. The quantitative estimate of drug-likeness (QED) is 0.524. The van der Waals surface area contributed by atoms with Gasteiger partial charge in [0.25, 0.3) is 0 Å². The van der Waals surface area contributed by atoms with E-state index in [2.05, 4.69) is 30.6 Å². The first-order valence-corrected chi connectivity index (χ1v) is 8.31. The zero-order valence-corrected chi connectivity index (χ0v) is 14.3. The van der Waals surface area contributed by atoms with Crippen LogP contribution in [0.1, 0.15) is 0 Å². The van der Waals surface area contributed by atoms with Gasteiger partial charge in [0.05, 0.1) is 0 Å². The van der Waals surface area contributed by atoms with E-state index in [9.17, 15) is 0 Å². The molecular weight excluding hydrogens is 340 g/mol. The zero-order valence-electron chi connectivity index (χ0n) is 14.3. The fraction of sp³-hybridized carbons (Fsp3) is 0. The van der Waals surface area contributed by atoms with Crippen LogP contribution < -0.4 is 15.4 Å². The predicted molar refractivity (Wildman–Crippen MR) is 104 cm³/mol. The molecule has 0 aliphatic rings. The van der Waals surface area contributed by atoms with Gasteiger partial charge in [-0.3, -0.25) is 0 Å². The number of nitrogens with one attached hydrogen (secondary N) is 2. The molecule has 0 aliphatic carbocycles. The van der Waals surface area contributed by atoms with Crippen LogP contribution in [0.3, 0.4) is 0 Å². The number of ether oxygens (including phenoxy) is 1. The van der Waals surface area contributed by atoms with E-state index in [0.29, 0.717) is 17.6 Å². The summed E-state index contributed by atoms with van der Waals surface area (Å²) < 4.78 is 5.79. The van der Waals surface area contributed by atoms with E-state index in [1.807, 2.05) is 54.6 Å². The molecule has 0 fully saturated rings. The Morgan fingerprint density at radius 2 is 1.30 bits per heavy atom. The number of aromatic nitrogens is 4. The Hall–Kier alpha value is -4.00. The van der Waals surface area contributed by atoms with Gasteiger partial charge < -0.3 is 15.4 Å². The number of para-hydroxylation sites is 1. The van der Waals surface area contributed by atoms with Crippen molar-refractivity contribution in [3.63, 3.8) is 0 Å². The second-order valence-electron chi connectivity index (χ2n) is 5.55. The Balaban J connectivity index is 1.42. The summed E-state index contributed by atoms with van der Waals surface area (Å²) in [5, 5.41) is 6.27. The van der Waals surface area contributed by atoms with E-state index in [1.165, 1.54) is 6.33 Å². The lowest BCUT2D eigenvalue weighted by Crippen LogP contribution is -2.00. The lowest BCUT2D eigenvalue weighted by atomic mass is 10.3. The van der Waals surface area contributed by atoms with Gasteiger partial charge in [-0.2, -0.15) is 0 Å². The SMILES string of the molecule is c1ccc(Oc2ccc(Nc3cc(Nc4ncccn4)ncn3)cc2)cc1. The van der Waals surface area contributed by atoms with Gasteiger partial charge in [0.15, 0.2) is 0 Å². The van der Waals surface area contributed by atoms with E-state index in [1.54, 1.807) is 24.5 Å². The molecule has 7 heteroatoms. The standard InChI is InChI=1S/C20H16N6O/c1-2-5-16(6-3-1)27-17-9-7-15(8-10-17)25-18-13-19(24-14-23-18)26-20-21-11-4-12-22-20/h1-14H,(H2,21,22,23,24,25,26). The first-order valence-electron chi connectivity index (χ1n) is 8.31. The molecule has 0 spiro atoms. The Bertz CT molecular complexity index is 994. The molecule has 2 aromatic heterocycles. The van der Waals surface area contributed by atoms with Crippen LogP contribution >= 0.6 is 0 Å². The second-order valence-corrected chi connectivity index (χ2v) is 5.55. The van der Waals surface area contributed by atoms with Gasteiger partial charge in [-0.15, -0.1) is 0 Å². The molecule has 0 unspecified atom stereocenters. The van der Waals surface area contributed by atoms with Crippen molar-refractivity contribution in [3.8, 4) is 11.5 Å². The highest BCUT2D eigenvalue weighted by Gasteiger charge is 2.03. The molecule has 0 bridgehead atoms. The normalized spacial score (nSPS) is 10.2. The van der Waals surface area contributed by atoms with E-state index < -0.39 is 0 Å². The van der Waals surface area contributed by atoms with Crippen LogP contribution in [0.25, 0.3) is 0 Å². The topological polar surface area (TPSA) is 84.9 Å². The highest BCUT2D eigenvalue weighted by atomic mass is 16.5. The monoisotopic (exact) mass is 356 g/mol. The van der Waals surface area contributed by atoms with Crippen LogP contribution in [-0.2, 0) is 0 Å². The summed E-state index contributed by atoms with van der Waals surface area (Å²) in [5.74, 6) is 3.29. The largest absolute Gasteiger partial charge is 0.457 e. The molecule has 7 nitrogen and oxygen atoms in total. The third-order valence-corrected chi connectivity index (χ3v) is 3.58. The van der Waals surface area contributed by atoms with Gasteiger partial charge in [-0.05, 0) is 42.5 Å². The van der Waals surface area contributed by atoms with Crippen molar-refractivity contribution in [1.82, 2.24) is 19.9 Å². The summed E-state index contributed by atoms with van der Waals surface area (Å²) >= 11 is 0. The third kappa shape index (κ3) is 4.55. The number of hydrogen-bond acceptors (Lipinski definition) is 7. The van der Waals surface area contributed by atoms with E-state index in [-0.39, 0.29) is 0 Å². The average molecular weight is 356 g/mol. The smallest absolute Gasteiger partial charge is 0.228 e. The summed E-state index contributed by atoms with van der Waals surface area (Å²) in [4.78, 5) is 16.6. The van der Waals surface area contributed by atoms with Crippen molar-refractivity contribution in [2.75, 3.05) is 10.6 Å². The maximum Gasteiger partial charge on any atom is 0.228 e. The van der Waals surface area contributed by atoms with Crippen LogP contribution in [0.2, 0.25) is 0 Å². The number of rotatable bonds is 6. The lowest BCUT2D eigenvalue weighted by Gasteiger charge is -2.09. The number of nitrogens with zero attached hydrogens (tertiary/aromatic N) is 4. The fourth-order valence-corrected chi connectivity index (χ4v) is 2.35. The lowest BCUT2D eigenvalue weighted by molar-refractivity contribution is 0.483. The van der Waals surface area contributed by atoms with E-state index in [4.69, 9.17) is 4.74 Å². The minimum Gasteiger partial charge on any atom is -0.457 e. The van der Waals surface area contributed by atoms with Crippen molar-refractivity contribution in [1.29, 1.82) is 0 Å². The van der Waals surface area contributed by atoms with Gasteiger partial charge in [0, 0.05) is 24.1 Å². The molecule has 2 heterocycles. The molecule has 4 aromatic rings. The molecule has 0 atom stereocenters. The summed E-state index contributed by atoms with van der Waals surface area (Å²) in [6.07, 6.45) is 4.80. The predicted octanol–water partition coefficient (Wildman–Crippen LogP) is 4.55. The van der Waals surface area contributed by atoms with Crippen LogP contribution in [0.4, 0.5) is 23.3 Å². The third-order valence-electron chi connectivity index (χ3n) is 3.58. The summed E-state index contributed by atoms with van der Waals surface area (Å²) in [5.41, 5.74) is 0.885. The molecular formula is C20H16N6O. The summed E-state index contributed by atoms with van der Waals surface area (Å²) in [6, 6.07) is 20.8. The molecule has 0 amide bonds. The van der Waals surface area contributed by atoms with Gasteiger partial charge in [-0.1, -0.05) is 18.2 Å². The number of anilines is 4. The van der Waals surface area contributed by atoms with Gasteiger partial charge >= 0.3 is 0 Å². The molecule has 0 aliphatic heterocycles. The van der Waals surface area contributed by atoms with Crippen molar-refractivity contribution in [2.45, 2.75) is 0 Å². The Morgan fingerprint density at radius 3 is 2.04 bits per heavy atom. The Labute approximate surface area is 156 Å². The maximum absolute atomic E-state index is 5.79. The summed E-state index contributed by atoms with van der Waals surface area (Å²) in [6.45, 7) is 0.